The summed E-state index contributed by atoms with van der Waals surface area (Å²) in [5.41, 5.74) is 12.4. The summed E-state index contributed by atoms with van der Waals surface area (Å²) in [5, 5.41) is 0. The molecule has 1 aromatic heterocycles. The molecule has 0 radical (unpaired) electrons. The van der Waals surface area contributed by atoms with Gasteiger partial charge in [0.05, 0.1) is 12.2 Å². The molecule has 0 saturated heterocycles. The van der Waals surface area contributed by atoms with Gasteiger partial charge >= 0.3 is 0 Å². The van der Waals surface area contributed by atoms with E-state index in [1.54, 1.807) is 4.90 Å². The summed E-state index contributed by atoms with van der Waals surface area (Å²) >= 11 is 0. The van der Waals surface area contributed by atoms with Crippen LogP contribution < -0.4 is 16.4 Å². The van der Waals surface area contributed by atoms with Crippen molar-refractivity contribution in [2.45, 2.75) is 33.2 Å². The molecule has 0 saturated carbocycles. The molecule has 0 aliphatic heterocycles. The van der Waals surface area contributed by atoms with Crippen molar-refractivity contribution in [2.75, 3.05) is 18.0 Å². The van der Waals surface area contributed by atoms with Crippen LogP contribution in [0.15, 0.2) is 6.07 Å². The molecule has 1 amide bonds. The van der Waals surface area contributed by atoms with Crippen molar-refractivity contribution in [3.05, 3.63) is 17.5 Å². The van der Waals surface area contributed by atoms with Crippen LogP contribution in [0.25, 0.3) is 0 Å². The Labute approximate surface area is 107 Å². The second-order valence-electron chi connectivity index (χ2n) is 4.25. The van der Waals surface area contributed by atoms with Crippen LogP contribution in [0.2, 0.25) is 0 Å². The fraction of sp³-hybridized carbons (Fsp3) is 0.583. The Morgan fingerprint density at radius 1 is 1.44 bits per heavy atom. The molecule has 6 heteroatoms. The first-order valence-electron chi connectivity index (χ1n) is 6.14. The number of carbonyl (C=O) groups excluding carboxylic acids is 1. The van der Waals surface area contributed by atoms with E-state index in [0.717, 1.165) is 24.2 Å². The molecule has 0 aliphatic carbocycles. The first kappa shape index (κ1) is 14.4. The highest BCUT2D eigenvalue weighted by Gasteiger charge is 2.13. The van der Waals surface area contributed by atoms with Gasteiger partial charge in [-0.25, -0.2) is 9.97 Å². The zero-order chi connectivity index (χ0) is 13.5. The van der Waals surface area contributed by atoms with Crippen molar-refractivity contribution >= 4 is 11.9 Å². The third-order valence-corrected chi connectivity index (χ3v) is 2.52. The van der Waals surface area contributed by atoms with Crippen molar-refractivity contribution in [2.24, 2.45) is 11.5 Å². The minimum atomic E-state index is -0.384. The van der Waals surface area contributed by atoms with Gasteiger partial charge in [0.1, 0.15) is 0 Å². The molecule has 0 aromatic carbocycles. The van der Waals surface area contributed by atoms with Crippen molar-refractivity contribution in [1.29, 1.82) is 0 Å². The first-order valence-corrected chi connectivity index (χ1v) is 6.14. The summed E-state index contributed by atoms with van der Waals surface area (Å²) in [6, 6.07) is 1.84. The van der Waals surface area contributed by atoms with E-state index in [9.17, 15) is 4.79 Å². The average Bonchev–Trinajstić information content (AvgIpc) is 2.33. The van der Waals surface area contributed by atoms with Gasteiger partial charge in [-0.15, -0.1) is 0 Å². The van der Waals surface area contributed by atoms with Crippen molar-refractivity contribution in [3.8, 4) is 0 Å². The van der Waals surface area contributed by atoms with Gasteiger partial charge in [0.2, 0.25) is 11.9 Å². The number of nitrogens with zero attached hydrogens (tertiary/aromatic N) is 3. The standard InChI is InChI=1S/C12H21N5O/c1-3-4-5-17(8-11(14)18)12-15-9(2)6-10(7-13)16-12/h6H,3-5,7-8,13H2,1-2H3,(H2,14,18). The fourth-order valence-electron chi connectivity index (χ4n) is 1.65. The number of unbranched alkanes of at least 4 members (excludes halogenated alkanes) is 1. The van der Waals surface area contributed by atoms with Gasteiger partial charge < -0.3 is 16.4 Å². The zero-order valence-electron chi connectivity index (χ0n) is 11.0. The fourth-order valence-corrected chi connectivity index (χ4v) is 1.65. The smallest absolute Gasteiger partial charge is 0.237 e. The monoisotopic (exact) mass is 251 g/mol. The summed E-state index contributed by atoms with van der Waals surface area (Å²) in [6.45, 7) is 5.17. The molecule has 1 rings (SSSR count). The Kier molecular flexibility index (Phi) is 5.51. The Bertz CT molecular complexity index is 407. The zero-order valence-corrected chi connectivity index (χ0v) is 11.0. The van der Waals surface area contributed by atoms with E-state index < -0.39 is 0 Å². The van der Waals surface area contributed by atoms with Gasteiger partial charge in [-0.3, -0.25) is 4.79 Å². The van der Waals surface area contributed by atoms with E-state index in [-0.39, 0.29) is 12.5 Å². The molecule has 1 aromatic rings. The van der Waals surface area contributed by atoms with Gasteiger partial charge in [-0.2, -0.15) is 0 Å². The van der Waals surface area contributed by atoms with Crippen LogP contribution in [0.3, 0.4) is 0 Å². The second kappa shape index (κ2) is 6.90. The molecular weight excluding hydrogens is 230 g/mol. The quantitative estimate of drug-likeness (QED) is 0.728. The van der Waals surface area contributed by atoms with Gasteiger partial charge in [-0.05, 0) is 19.4 Å². The van der Waals surface area contributed by atoms with Crippen molar-refractivity contribution in [1.82, 2.24) is 9.97 Å². The predicted octanol–water partition coefficient (Wildman–Crippen LogP) is 0.336. The molecule has 4 N–H and O–H groups in total. The lowest BCUT2D eigenvalue weighted by molar-refractivity contribution is -0.116. The number of anilines is 1. The van der Waals surface area contributed by atoms with E-state index in [4.69, 9.17) is 11.5 Å². The number of nitrogens with two attached hydrogens (primary N) is 2. The molecule has 0 atom stereocenters. The summed E-state index contributed by atoms with van der Waals surface area (Å²) in [6.07, 6.45) is 1.99. The van der Waals surface area contributed by atoms with Crippen LogP contribution in [0.1, 0.15) is 31.2 Å². The summed E-state index contributed by atoms with van der Waals surface area (Å²) in [4.78, 5) is 21.6. The van der Waals surface area contributed by atoms with Crippen LogP contribution in [-0.2, 0) is 11.3 Å². The lowest BCUT2D eigenvalue weighted by Gasteiger charge is -2.21. The third kappa shape index (κ3) is 4.29. The predicted molar refractivity (Wildman–Crippen MR) is 71.0 cm³/mol. The third-order valence-electron chi connectivity index (χ3n) is 2.52. The minimum absolute atomic E-state index is 0.132. The van der Waals surface area contributed by atoms with Gasteiger partial charge in [0, 0.05) is 18.8 Å². The number of rotatable bonds is 7. The Hall–Kier alpha value is -1.69. The Balaban J connectivity index is 2.95. The van der Waals surface area contributed by atoms with Crippen LogP contribution in [-0.4, -0.2) is 29.0 Å². The maximum Gasteiger partial charge on any atom is 0.237 e. The number of aromatic nitrogens is 2. The average molecular weight is 251 g/mol. The molecule has 18 heavy (non-hydrogen) atoms. The molecule has 0 bridgehead atoms. The number of carbonyl (C=O) groups is 1. The normalized spacial score (nSPS) is 10.4. The van der Waals surface area contributed by atoms with Crippen LogP contribution >= 0.6 is 0 Å². The lowest BCUT2D eigenvalue weighted by atomic mass is 10.3. The van der Waals surface area contributed by atoms with Gasteiger partial charge in [0.15, 0.2) is 0 Å². The number of primary amides is 1. The van der Waals surface area contributed by atoms with Crippen LogP contribution in [0.5, 0.6) is 0 Å². The molecule has 0 unspecified atom stereocenters. The molecule has 0 aliphatic rings. The van der Waals surface area contributed by atoms with E-state index >= 15 is 0 Å². The van der Waals surface area contributed by atoms with E-state index in [2.05, 4.69) is 16.9 Å². The lowest BCUT2D eigenvalue weighted by Crippen LogP contribution is -2.36. The topological polar surface area (TPSA) is 98.1 Å². The van der Waals surface area contributed by atoms with Crippen molar-refractivity contribution < 1.29 is 4.79 Å². The van der Waals surface area contributed by atoms with E-state index in [0.29, 0.717) is 19.0 Å². The van der Waals surface area contributed by atoms with Crippen LogP contribution in [0.4, 0.5) is 5.95 Å². The molecule has 1 heterocycles. The maximum atomic E-state index is 11.1. The maximum absolute atomic E-state index is 11.1. The minimum Gasteiger partial charge on any atom is -0.368 e. The van der Waals surface area contributed by atoms with Crippen molar-refractivity contribution in [3.63, 3.8) is 0 Å². The first-order chi connectivity index (χ1) is 8.56. The molecule has 100 valence electrons. The van der Waals surface area contributed by atoms with E-state index in [1.165, 1.54) is 0 Å². The second-order valence-corrected chi connectivity index (χ2v) is 4.25. The summed E-state index contributed by atoms with van der Waals surface area (Å²) < 4.78 is 0. The molecule has 0 spiro atoms. The molecular formula is C12H21N5O. The van der Waals surface area contributed by atoms with Gasteiger partial charge in [-0.1, -0.05) is 13.3 Å². The number of amides is 1. The highest BCUT2D eigenvalue weighted by molar-refractivity contribution is 5.78. The summed E-state index contributed by atoms with van der Waals surface area (Å²) in [5.74, 6) is 0.146. The summed E-state index contributed by atoms with van der Waals surface area (Å²) in [7, 11) is 0. The highest BCUT2D eigenvalue weighted by Crippen LogP contribution is 2.11. The molecule has 0 fully saturated rings. The van der Waals surface area contributed by atoms with E-state index in [1.807, 2.05) is 13.0 Å². The molecule has 6 nitrogen and oxygen atoms in total. The van der Waals surface area contributed by atoms with Gasteiger partial charge in [0.25, 0.3) is 0 Å². The number of aryl methyl sites for hydroxylation is 1. The Morgan fingerprint density at radius 3 is 2.72 bits per heavy atom. The Morgan fingerprint density at radius 2 is 2.17 bits per heavy atom. The van der Waals surface area contributed by atoms with Crippen LogP contribution in [0, 0.1) is 6.92 Å². The SMILES string of the molecule is CCCCN(CC(N)=O)c1nc(C)cc(CN)n1. The largest absolute Gasteiger partial charge is 0.368 e. The highest BCUT2D eigenvalue weighted by atomic mass is 16.1. The number of hydrogen-bond acceptors (Lipinski definition) is 5. The number of hydrogen-bond donors (Lipinski definition) is 2.